The molecule has 0 saturated heterocycles. The van der Waals surface area contributed by atoms with Crippen molar-refractivity contribution in [1.29, 1.82) is 0 Å². The number of benzene rings is 1. The van der Waals surface area contributed by atoms with Crippen molar-refractivity contribution in [2.75, 3.05) is 6.54 Å². The van der Waals surface area contributed by atoms with Crippen LogP contribution in [0.2, 0.25) is 10.0 Å². The van der Waals surface area contributed by atoms with Crippen molar-refractivity contribution in [2.45, 2.75) is 6.42 Å². The predicted molar refractivity (Wildman–Crippen MR) is 53.0 cm³/mol. The summed E-state index contributed by atoms with van der Waals surface area (Å²) in [6.45, 7) is 0.419. The summed E-state index contributed by atoms with van der Waals surface area (Å²) in [5.74, 6) is 0. The van der Waals surface area contributed by atoms with Crippen LogP contribution in [-0.2, 0) is 6.42 Å². The fourth-order valence-corrected chi connectivity index (χ4v) is 1.16. The van der Waals surface area contributed by atoms with Crippen molar-refractivity contribution in [3.63, 3.8) is 0 Å². The Hall–Kier alpha value is -0.890. The van der Waals surface area contributed by atoms with E-state index in [0.29, 0.717) is 23.0 Å². The number of halogens is 2. The Morgan fingerprint density at radius 2 is 2.31 bits per heavy atom. The molecule has 0 aromatic heterocycles. The molecular weight excluding hydrogens is 209 g/mol. The van der Waals surface area contributed by atoms with E-state index in [2.05, 4.69) is 16.1 Å². The molecule has 0 aliphatic carbocycles. The first-order chi connectivity index (χ1) is 6.24. The molecule has 0 atom stereocenters. The lowest BCUT2D eigenvalue weighted by Crippen LogP contribution is -1.88. The summed E-state index contributed by atoms with van der Waals surface area (Å²) >= 11 is 11.4. The van der Waals surface area contributed by atoms with Gasteiger partial charge in [-0.15, -0.1) is 0 Å². The predicted octanol–water partition coefficient (Wildman–Crippen LogP) is 3.65. The molecule has 0 heterocycles. The normalized spacial score (nSPS) is 9.38. The lowest BCUT2D eigenvalue weighted by molar-refractivity contribution is 0.956. The highest BCUT2D eigenvalue weighted by molar-refractivity contribution is 6.41. The first kappa shape index (κ1) is 10.2. The first-order valence-corrected chi connectivity index (χ1v) is 4.36. The summed E-state index contributed by atoms with van der Waals surface area (Å²) in [7, 11) is 0. The Balaban J connectivity index is 2.68. The quantitative estimate of drug-likeness (QED) is 0.419. The van der Waals surface area contributed by atoms with Gasteiger partial charge >= 0.3 is 0 Å². The topological polar surface area (TPSA) is 48.8 Å². The Bertz CT molecular complexity index is 345. The van der Waals surface area contributed by atoms with Crippen molar-refractivity contribution in [3.8, 4) is 0 Å². The molecule has 0 aliphatic heterocycles. The second-order valence-electron chi connectivity index (χ2n) is 2.37. The summed E-state index contributed by atoms with van der Waals surface area (Å²) in [6, 6.07) is 6.27. The molecule has 0 fully saturated rings. The van der Waals surface area contributed by atoms with Crippen LogP contribution < -0.4 is 0 Å². The maximum absolute atomic E-state index is 8.05. The zero-order valence-electron chi connectivity index (χ0n) is 6.67. The van der Waals surface area contributed by atoms with Gasteiger partial charge in [-0.1, -0.05) is 28.3 Å². The van der Waals surface area contributed by atoms with Crippen LogP contribution in [0.3, 0.4) is 0 Å². The van der Waals surface area contributed by atoms with E-state index in [-0.39, 0.29) is 0 Å². The van der Waals surface area contributed by atoms with Crippen LogP contribution in [0.1, 0.15) is 5.56 Å². The van der Waals surface area contributed by atoms with E-state index in [4.69, 9.17) is 28.7 Å². The number of hydrogen-bond donors (Lipinski definition) is 0. The van der Waals surface area contributed by atoms with E-state index >= 15 is 0 Å². The van der Waals surface area contributed by atoms with Gasteiger partial charge in [0.15, 0.2) is 0 Å². The van der Waals surface area contributed by atoms with E-state index in [1.807, 2.05) is 0 Å². The molecule has 1 rings (SSSR count). The molecule has 0 saturated carbocycles. The van der Waals surface area contributed by atoms with Crippen molar-refractivity contribution < 1.29 is 0 Å². The van der Waals surface area contributed by atoms with E-state index in [9.17, 15) is 0 Å². The SMILES string of the molecule is [N-]=[N+]=NCCc1c[c]c(Cl)c(Cl)c1. The highest BCUT2D eigenvalue weighted by atomic mass is 35.5. The van der Waals surface area contributed by atoms with Gasteiger partial charge in [0, 0.05) is 17.5 Å². The van der Waals surface area contributed by atoms with Crippen LogP contribution in [0.25, 0.3) is 10.4 Å². The number of azide groups is 1. The van der Waals surface area contributed by atoms with Gasteiger partial charge < -0.3 is 0 Å². The van der Waals surface area contributed by atoms with Gasteiger partial charge in [-0.3, -0.25) is 0 Å². The van der Waals surface area contributed by atoms with Crippen LogP contribution in [0.5, 0.6) is 0 Å². The fraction of sp³-hybridized carbons (Fsp3) is 0.250. The average molecular weight is 215 g/mol. The van der Waals surface area contributed by atoms with Crippen molar-refractivity contribution in [2.24, 2.45) is 5.11 Å². The van der Waals surface area contributed by atoms with E-state index in [0.717, 1.165) is 5.56 Å². The van der Waals surface area contributed by atoms with Gasteiger partial charge in [-0.05, 0) is 29.6 Å². The molecule has 3 nitrogen and oxygen atoms in total. The van der Waals surface area contributed by atoms with Crippen LogP contribution in [-0.4, -0.2) is 6.54 Å². The Morgan fingerprint density at radius 1 is 1.54 bits per heavy atom. The third kappa shape index (κ3) is 3.15. The minimum Gasteiger partial charge on any atom is -0.0936 e. The van der Waals surface area contributed by atoms with Gasteiger partial charge in [-0.25, -0.2) is 0 Å². The van der Waals surface area contributed by atoms with Gasteiger partial charge in [0.1, 0.15) is 0 Å². The molecule has 1 aromatic carbocycles. The fourth-order valence-electron chi connectivity index (χ4n) is 0.861. The van der Waals surface area contributed by atoms with Gasteiger partial charge in [0.2, 0.25) is 0 Å². The number of rotatable bonds is 3. The largest absolute Gasteiger partial charge is 0.0936 e. The third-order valence-corrected chi connectivity index (χ3v) is 2.18. The molecule has 0 spiro atoms. The van der Waals surface area contributed by atoms with Crippen molar-refractivity contribution >= 4 is 23.2 Å². The summed E-state index contributed by atoms with van der Waals surface area (Å²) < 4.78 is 0. The lowest BCUT2D eigenvalue weighted by atomic mass is 10.1. The minimum absolute atomic E-state index is 0.411. The Labute approximate surface area is 85.9 Å². The zero-order chi connectivity index (χ0) is 9.68. The van der Waals surface area contributed by atoms with Crippen LogP contribution >= 0.6 is 23.2 Å². The highest BCUT2D eigenvalue weighted by Crippen LogP contribution is 2.22. The molecule has 0 unspecified atom stereocenters. The molecule has 0 N–H and O–H groups in total. The monoisotopic (exact) mass is 214 g/mol. The maximum atomic E-state index is 8.05. The molecular formula is C8H6Cl2N3. The summed E-state index contributed by atoms with van der Waals surface area (Å²) in [5, 5.41) is 4.29. The van der Waals surface area contributed by atoms with Gasteiger partial charge in [0.25, 0.3) is 0 Å². The second kappa shape index (κ2) is 4.97. The van der Waals surface area contributed by atoms with Crippen LogP contribution in [0, 0.1) is 6.07 Å². The zero-order valence-corrected chi connectivity index (χ0v) is 8.18. The number of hydrogen-bond acceptors (Lipinski definition) is 1. The highest BCUT2D eigenvalue weighted by Gasteiger charge is 1.98. The summed E-state index contributed by atoms with van der Waals surface area (Å²) in [4.78, 5) is 2.65. The molecule has 0 bridgehead atoms. The van der Waals surface area contributed by atoms with E-state index < -0.39 is 0 Å². The van der Waals surface area contributed by atoms with Crippen molar-refractivity contribution in [3.05, 3.63) is 44.3 Å². The van der Waals surface area contributed by atoms with Gasteiger partial charge in [0.05, 0.1) is 10.0 Å². The van der Waals surface area contributed by atoms with E-state index in [1.54, 1.807) is 12.1 Å². The molecule has 67 valence electrons. The first-order valence-electron chi connectivity index (χ1n) is 3.60. The second-order valence-corrected chi connectivity index (χ2v) is 3.16. The van der Waals surface area contributed by atoms with Crippen molar-refractivity contribution in [1.82, 2.24) is 0 Å². The molecule has 13 heavy (non-hydrogen) atoms. The Morgan fingerprint density at radius 3 is 2.92 bits per heavy atom. The molecule has 0 amide bonds. The van der Waals surface area contributed by atoms with Crippen LogP contribution in [0.4, 0.5) is 0 Å². The van der Waals surface area contributed by atoms with E-state index in [1.165, 1.54) is 0 Å². The summed E-state index contributed by atoms with van der Waals surface area (Å²) in [6.07, 6.45) is 0.650. The number of nitrogens with zero attached hydrogens (tertiary/aromatic N) is 3. The molecule has 0 aliphatic rings. The smallest absolute Gasteiger partial charge is 0.0671 e. The Kier molecular flexibility index (Phi) is 3.90. The molecule has 1 radical (unpaired) electrons. The molecule has 5 heteroatoms. The molecule has 1 aromatic rings. The average Bonchev–Trinajstić information content (AvgIpc) is 2.12. The standard InChI is InChI=1S/C8H6Cl2N3/c9-7-2-1-6(5-8(7)10)3-4-12-13-11/h1,5H,3-4H2. The minimum atomic E-state index is 0.411. The third-order valence-electron chi connectivity index (χ3n) is 1.47. The lowest BCUT2D eigenvalue weighted by Gasteiger charge is -1.99. The maximum Gasteiger partial charge on any atom is 0.0671 e. The van der Waals surface area contributed by atoms with Gasteiger partial charge in [-0.2, -0.15) is 0 Å². The van der Waals surface area contributed by atoms with Crippen LogP contribution in [0.15, 0.2) is 17.2 Å². The summed E-state index contributed by atoms with van der Waals surface area (Å²) in [5.41, 5.74) is 9.01.